The Morgan fingerprint density at radius 2 is 1.91 bits per heavy atom. The average molecular weight is 522 g/mol. The molecule has 1 N–H and O–H groups in total. The minimum absolute atomic E-state index is 0.224. The molecule has 0 spiro atoms. The highest BCUT2D eigenvalue weighted by atomic mass is 79.9. The van der Waals surface area contributed by atoms with Gasteiger partial charge in [-0.25, -0.2) is 4.39 Å². The van der Waals surface area contributed by atoms with Gasteiger partial charge in [0.2, 0.25) is 0 Å². The second-order valence-electron chi connectivity index (χ2n) is 7.84. The maximum atomic E-state index is 14.6. The van der Waals surface area contributed by atoms with E-state index in [2.05, 4.69) is 62.3 Å². The lowest BCUT2D eigenvalue weighted by molar-refractivity contribution is 0.438. The highest BCUT2D eigenvalue weighted by molar-refractivity contribution is 9.10. The van der Waals surface area contributed by atoms with Crippen molar-refractivity contribution in [2.75, 3.05) is 4.90 Å². The Hall–Kier alpha value is -3.03. The predicted octanol–water partition coefficient (Wildman–Crippen LogP) is 6.98. The first-order valence-corrected chi connectivity index (χ1v) is 11.9. The molecule has 4 aromatic rings. The van der Waals surface area contributed by atoms with E-state index in [0.717, 1.165) is 17.8 Å². The van der Waals surface area contributed by atoms with Crippen LogP contribution in [0, 0.1) is 5.82 Å². The van der Waals surface area contributed by atoms with Crippen molar-refractivity contribution in [2.45, 2.75) is 25.4 Å². The number of aromatic nitrogens is 1. The largest absolute Gasteiger partial charge is 0.459 e. The van der Waals surface area contributed by atoms with E-state index >= 15 is 0 Å². The summed E-state index contributed by atoms with van der Waals surface area (Å²) in [5, 5.41) is 4.01. The van der Waals surface area contributed by atoms with E-state index in [-0.39, 0.29) is 17.9 Å². The zero-order chi connectivity index (χ0) is 22.9. The summed E-state index contributed by atoms with van der Waals surface area (Å²) in [6.07, 6.45) is 2.73. The number of anilines is 1. The van der Waals surface area contributed by atoms with Crippen LogP contribution in [0.15, 0.2) is 87.9 Å². The molecular weight excluding hydrogens is 501 g/mol. The Kier molecular flexibility index (Phi) is 6.00. The van der Waals surface area contributed by atoms with Crippen molar-refractivity contribution < 1.29 is 8.81 Å². The average Bonchev–Trinajstić information content (AvgIpc) is 3.44. The number of pyridine rings is 1. The van der Waals surface area contributed by atoms with Crippen LogP contribution in [-0.2, 0) is 6.42 Å². The Morgan fingerprint density at radius 3 is 2.61 bits per heavy atom. The van der Waals surface area contributed by atoms with E-state index in [4.69, 9.17) is 16.6 Å². The number of thiocarbonyl (C=S) groups is 1. The third-order valence-corrected chi connectivity index (χ3v) is 6.64. The van der Waals surface area contributed by atoms with Gasteiger partial charge in [0.05, 0.1) is 17.3 Å². The lowest BCUT2D eigenvalue weighted by atomic mass is 10.0. The fourth-order valence-electron chi connectivity index (χ4n) is 4.16. The summed E-state index contributed by atoms with van der Waals surface area (Å²) >= 11 is 9.06. The SMILES string of the molecule is CCc1ccc(N2C(=S)N[C@@H](c3ccccn3)[C@@H]2c2ccc(-c3ccc(Br)cc3F)o2)cc1. The van der Waals surface area contributed by atoms with Gasteiger partial charge in [-0.05, 0) is 78.8 Å². The summed E-state index contributed by atoms with van der Waals surface area (Å²) in [7, 11) is 0. The second-order valence-corrected chi connectivity index (χ2v) is 9.15. The lowest BCUT2D eigenvalue weighted by Crippen LogP contribution is -2.29. The normalized spacial score (nSPS) is 17.9. The summed E-state index contributed by atoms with van der Waals surface area (Å²) in [4.78, 5) is 6.61. The molecule has 0 saturated carbocycles. The van der Waals surface area contributed by atoms with Crippen molar-refractivity contribution >= 4 is 38.9 Å². The number of hydrogen-bond donors (Lipinski definition) is 1. The molecule has 0 radical (unpaired) electrons. The molecule has 1 aliphatic heterocycles. The minimum Gasteiger partial charge on any atom is -0.459 e. The molecule has 0 aliphatic carbocycles. The first kappa shape index (κ1) is 21.8. The van der Waals surface area contributed by atoms with Crippen molar-refractivity contribution in [2.24, 2.45) is 0 Å². The van der Waals surface area contributed by atoms with E-state index in [1.165, 1.54) is 11.6 Å². The number of benzene rings is 2. The van der Waals surface area contributed by atoms with E-state index in [1.807, 2.05) is 24.3 Å². The fourth-order valence-corrected chi connectivity index (χ4v) is 4.84. The van der Waals surface area contributed by atoms with Crippen molar-refractivity contribution in [3.05, 3.63) is 106 Å². The number of aryl methyl sites for hydroxylation is 1. The molecule has 1 fully saturated rings. The molecule has 2 aromatic heterocycles. The third kappa shape index (κ3) is 4.18. The molecule has 1 aliphatic rings. The van der Waals surface area contributed by atoms with Crippen LogP contribution in [0.2, 0.25) is 0 Å². The minimum atomic E-state index is -0.348. The molecule has 4 nitrogen and oxygen atoms in total. The summed E-state index contributed by atoms with van der Waals surface area (Å²) in [6, 6.07) is 22.3. The molecule has 3 heterocycles. The molecule has 33 heavy (non-hydrogen) atoms. The summed E-state index contributed by atoms with van der Waals surface area (Å²) in [6.45, 7) is 2.13. The molecule has 7 heteroatoms. The van der Waals surface area contributed by atoms with Gasteiger partial charge >= 0.3 is 0 Å². The van der Waals surface area contributed by atoms with Gasteiger partial charge in [-0.3, -0.25) is 4.98 Å². The topological polar surface area (TPSA) is 41.3 Å². The zero-order valence-electron chi connectivity index (χ0n) is 17.8. The molecule has 1 saturated heterocycles. The number of nitrogens with zero attached hydrogens (tertiary/aromatic N) is 2. The Labute approximate surface area is 205 Å². The van der Waals surface area contributed by atoms with Crippen LogP contribution in [0.25, 0.3) is 11.3 Å². The van der Waals surface area contributed by atoms with Crippen LogP contribution in [0.5, 0.6) is 0 Å². The van der Waals surface area contributed by atoms with E-state index < -0.39 is 0 Å². The van der Waals surface area contributed by atoms with Crippen LogP contribution < -0.4 is 10.2 Å². The van der Waals surface area contributed by atoms with Gasteiger partial charge in [0, 0.05) is 16.4 Å². The third-order valence-electron chi connectivity index (χ3n) is 5.84. The number of furan rings is 1. The fraction of sp³-hybridized carbons (Fsp3) is 0.154. The molecule has 0 unspecified atom stereocenters. The molecule has 166 valence electrons. The van der Waals surface area contributed by atoms with E-state index in [1.54, 1.807) is 24.4 Å². The maximum Gasteiger partial charge on any atom is 0.174 e. The summed E-state index contributed by atoms with van der Waals surface area (Å²) in [5.41, 5.74) is 3.47. The van der Waals surface area contributed by atoms with Crippen molar-refractivity contribution in [3.8, 4) is 11.3 Å². The Balaban J connectivity index is 1.59. The summed E-state index contributed by atoms with van der Waals surface area (Å²) < 4.78 is 21.5. The smallest absolute Gasteiger partial charge is 0.174 e. The lowest BCUT2D eigenvalue weighted by Gasteiger charge is -2.26. The first-order valence-electron chi connectivity index (χ1n) is 10.7. The highest BCUT2D eigenvalue weighted by Crippen LogP contribution is 2.43. The van der Waals surface area contributed by atoms with E-state index in [0.29, 0.717) is 26.7 Å². The Bertz CT molecular complexity index is 1290. The standard InChI is InChI=1S/C26H21BrFN3OS/c1-2-16-6-9-18(10-7-16)31-25(24(30-26(31)33)21-5-3-4-14-29-21)23-13-12-22(32-23)19-11-8-17(27)15-20(19)28/h3-15,24-25H,2H2,1H3,(H,30,33)/t24-,25-/m0/s1. The first-order chi connectivity index (χ1) is 16.0. The quantitative estimate of drug-likeness (QED) is 0.287. The zero-order valence-corrected chi connectivity index (χ0v) is 20.2. The van der Waals surface area contributed by atoms with Crippen LogP contribution in [0.1, 0.15) is 36.0 Å². The van der Waals surface area contributed by atoms with Gasteiger partial charge in [0.25, 0.3) is 0 Å². The monoisotopic (exact) mass is 521 g/mol. The molecular formula is C26H21BrFN3OS. The van der Waals surface area contributed by atoms with Gasteiger partial charge in [-0.15, -0.1) is 0 Å². The van der Waals surface area contributed by atoms with Gasteiger partial charge < -0.3 is 14.6 Å². The van der Waals surface area contributed by atoms with Crippen LogP contribution in [0.3, 0.4) is 0 Å². The molecule has 0 bridgehead atoms. The van der Waals surface area contributed by atoms with Crippen LogP contribution >= 0.6 is 28.1 Å². The van der Waals surface area contributed by atoms with Crippen molar-refractivity contribution in [3.63, 3.8) is 0 Å². The van der Waals surface area contributed by atoms with Gasteiger partial charge in [-0.1, -0.05) is 41.1 Å². The molecule has 2 aromatic carbocycles. The second kappa shape index (κ2) is 9.08. The molecule has 2 atom stereocenters. The summed E-state index contributed by atoms with van der Waals surface area (Å²) in [5.74, 6) is 0.794. The Morgan fingerprint density at radius 1 is 1.09 bits per heavy atom. The van der Waals surface area contributed by atoms with E-state index in [9.17, 15) is 4.39 Å². The van der Waals surface area contributed by atoms with Crippen molar-refractivity contribution in [1.82, 2.24) is 10.3 Å². The highest BCUT2D eigenvalue weighted by Gasteiger charge is 2.42. The van der Waals surface area contributed by atoms with Gasteiger partial charge in [0.15, 0.2) is 5.11 Å². The number of hydrogen-bond acceptors (Lipinski definition) is 3. The van der Waals surface area contributed by atoms with Gasteiger partial charge in [0.1, 0.15) is 23.4 Å². The van der Waals surface area contributed by atoms with Gasteiger partial charge in [-0.2, -0.15) is 0 Å². The molecule has 5 rings (SSSR count). The predicted molar refractivity (Wildman–Crippen MR) is 136 cm³/mol. The molecule has 0 amide bonds. The van der Waals surface area contributed by atoms with Crippen LogP contribution in [0.4, 0.5) is 10.1 Å². The van der Waals surface area contributed by atoms with Crippen molar-refractivity contribution in [1.29, 1.82) is 0 Å². The number of halogens is 2. The maximum absolute atomic E-state index is 14.6. The van der Waals surface area contributed by atoms with Crippen LogP contribution in [-0.4, -0.2) is 10.1 Å². The number of rotatable bonds is 5. The number of nitrogens with one attached hydrogen (secondary N) is 1.